The number of aliphatic hydroxyl groups is 1. The molecule has 96 valence electrons. The molecule has 0 aromatic carbocycles. The lowest BCUT2D eigenvalue weighted by molar-refractivity contribution is 0.0948. The van der Waals surface area contributed by atoms with Gasteiger partial charge < -0.3 is 9.84 Å². The molecule has 4 heteroatoms. The summed E-state index contributed by atoms with van der Waals surface area (Å²) in [7, 11) is 0. The molecule has 1 N–H and O–H groups in total. The highest BCUT2D eigenvalue weighted by molar-refractivity contribution is 7.11. The first kappa shape index (κ1) is 13.0. The number of nitrogens with zero attached hydrogens (tertiary/aromatic N) is 1. The summed E-state index contributed by atoms with van der Waals surface area (Å²) in [4.78, 5) is 5.39. The van der Waals surface area contributed by atoms with Crippen LogP contribution in [0.25, 0.3) is 0 Å². The smallest absolute Gasteiger partial charge is 0.0901 e. The first-order chi connectivity index (χ1) is 8.16. The van der Waals surface area contributed by atoms with Crippen LogP contribution in [-0.2, 0) is 4.74 Å². The van der Waals surface area contributed by atoms with Gasteiger partial charge in [0.1, 0.15) is 0 Å². The van der Waals surface area contributed by atoms with Crippen LogP contribution in [0.2, 0.25) is 0 Å². The fourth-order valence-electron chi connectivity index (χ4n) is 2.40. The van der Waals surface area contributed by atoms with Crippen molar-refractivity contribution in [1.82, 2.24) is 4.98 Å². The minimum absolute atomic E-state index is 0.345. The van der Waals surface area contributed by atoms with Crippen molar-refractivity contribution in [2.75, 3.05) is 6.61 Å². The normalized spacial score (nSPS) is 21.9. The molecule has 1 saturated heterocycles. The van der Waals surface area contributed by atoms with Crippen LogP contribution in [0.4, 0.5) is 0 Å². The molecule has 2 atom stereocenters. The Bertz CT molecular complexity index is 358. The van der Waals surface area contributed by atoms with E-state index < -0.39 is 0 Å². The summed E-state index contributed by atoms with van der Waals surface area (Å²) in [6, 6.07) is 0. The first-order valence-corrected chi connectivity index (χ1v) is 7.22. The molecule has 0 spiro atoms. The van der Waals surface area contributed by atoms with Crippen LogP contribution in [0.3, 0.4) is 0 Å². The number of ether oxygens (including phenoxy) is 1. The molecule has 0 aliphatic carbocycles. The molecular formula is C13H21NO2S. The van der Waals surface area contributed by atoms with Crippen molar-refractivity contribution < 1.29 is 9.84 Å². The Morgan fingerprint density at radius 2 is 2.35 bits per heavy atom. The minimum Gasteiger partial charge on any atom is -0.388 e. The number of rotatable bonds is 5. The van der Waals surface area contributed by atoms with E-state index in [4.69, 9.17) is 4.74 Å². The molecule has 2 rings (SSSR count). The predicted molar refractivity (Wildman–Crippen MR) is 69.4 cm³/mol. The van der Waals surface area contributed by atoms with Gasteiger partial charge in [0.25, 0.3) is 0 Å². The third kappa shape index (κ3) is 3.50. The van der Waals surface area contributed by atoms with Crippen molar-refractivity contribution >= 4 is 11.3 Å². The van der Waals surface area contributed by atoms with Crippen molar-refractivity contribution in [2.45, 2.75) is 58.2 Å². The standard InChI is InChI=1S/C13H21NO2S/c1-9-13(17-10(2)14-9)12(15)7-3-5-11-6-4-8-16-11/h11-12,15H,3-8H2,1-2H3. The number of hydrogen-bond donors (Lipinski definition) is 1. The lowest BCUT2D eigenvalue weighted by Gasteiger charge is -2.12. The molecule has 1 aromatic heterocycles. The average Bonchev–Trinajstić information content (AvgIpc) is 2.88. The summed E-state index contributed by atoms with van der Waals surface area (Å²) >= 11 is 1.61. The highest BCUT2D eigenvalue weighted by atomic mass is 32.1. The summed E-state index contributed by atoms with van der Waals surface area (Å²) in [6.45, 7) is 4.88. The number of hydrogen-bond acceptors (Lipinski definition) is 4. The van der Waals surface area contributed by atoms with Crippen LogP contribution in [0, 0.1) is 13.8 Å². The van der Waals surface area contributed by atoms with E-state index in [1.165, 1.54) is 12.8 Å². The Morgan fingerprint density at radius 1 is 1.53 bits per heavy atom. The maximum Gasteiger partial charge on any atom is 0.0901 e. The van der Waals surface area contributed by atoms with E-state index in [0.29, 0.717) is 6.10 Å². The van der Waals surface area contributed by atoms with Gasteiger partial charge in [0.15, 0.2) is 0 Å². The molecule has 0 amide bonds. The highest BCUT2D eigenvalue weighted by Gasteiger charge is 2.18. The maximum atomic E-state index is 10.1. The fourth-order valence-corrected chi connectivity index (χ4v) is 3.35. The van der Waals surface area contributed by atoms with E-state index >= 15 is 0 Å². The lowest BCUT2D eigenvalue weighted by Crippen LogP contribution is -2.05. The minimum atomic E-state index is -0.345. The van der Waals surface area contributed by atoms with Crippen LogP contribution in [0.15, 0.2) is 0 Å². The number of aromatic nitrogens is 1. The molecule has 3 nitrogen and oxygen atoms in total. The monoisotopic (exact) mass is 255 g/mol. The van der Waals surface area contributed by atoms with Gasteiger partial charge in [-0.25, -0.2) is 4.98 Å². The fraction of sp³-hybridized carbons (Fsp3) is 0.769. The van der Waals surface area contributed by atoms with Gasteiger partial charge in [-0.05, 0) is 46.0 Å². The van der Waals surface area contributed by atoms with E-state index in [9.17, 15) is 5.11 Å². The SMILES string of the molecule is Cc1nc(C)c(C(O)CCCC2CCCO2)s1. The summed E-state index contributed by atoms with van der Waals surface area (Å²) < 4.78 is 5.58. The molecule has 1 fully saturated rings. The second-order valence-electron chi connectivity index (χ2n) is 4.76. The topological polar surface area (TPSA) is 42.4 Å². The molecule has 1 aromatic rings. The molecule has 2 heterocycles. The lowest BCUT2D eigenvalue weighted by atomic mass is 10.1. The highest BCUT2D eigenvalue weighted by Crippen LogP contribution is 2.29. The third-order valence-electron chi connectivity index (χ3n) is 3.27. The van der Waals surface area contributed by atoms with Gasteiger partial charge in [-0.1, -0.05) is 0 Å². The van der Waals surface area contributed by atoms with Crippen LogP contribution in [0.1, 0.15) is 53.8 Å². The Hall–Kier alpha value is -0.450. The largest absolute Gasteiger partial charge is 0.388 e. The van der Waals surface area contributed by atoms with Crippen molar-refractivity contribution in [3.05, 3.63) is 15.6 Å². The summed E-state index contributed by atoms with van der Waals surface area (Å²) in [6.07, 6.45) is 5.40. The van der Waals surface area contributed by atoms with E-state index in [1.54, 1.807) is 11.3 Å². The Balaban J connectivity index is 1.76. The zero-order valence-electron chi connectivity index (χ0n) is 10.6. The second kappa shape index (κ2) is 5.94. The third-order valence-corrected chi connectivity index (χ3v) is 4.44. The van der Waals surface area contributed by atoms with E-state index in [0.717, 1.165) is 41.4 Å². The van der Waals surface area contributed by atoms with E-state index in [2.05, 4.69) is 4.98 Å². The molecule has 0 bridgehead atoms. The molecule has 17 heavy (non-hydrogen) atoms. The van der Waals surface area contributed by atoms with Crippen LogP contribution in [0.5, 0.6) is 0 Å². The van der Waals surface area contributed by atoms with Gasteiger partial charge in [0.2, 0.25) is 0 Å². The van der Waals surface area contributed by atoms with Crippen molar-refractivity contribution in [3.8, 4) is 0 Å². The summed E-state index contributed by atoms with van der Waals surface area (Å²) in [5, 5.41) is 11.2. The molecule has 0 saturated carbocycles. The van der Waals surface area contributed by atoms with Gasteiger partial charge in [-0.3, -0.25) is 0 Å². The molecule has 2 unspecified atom stereocenters. The second-order valence-corrected chi connectivity index (χ2v) is 6.00. The van der Waals surface area contributed by atoms with Crippen LogP contribution < -0.4 is 0 Å². The zero-order chi connectivity index (χ0) is 12.3. The van der Waals surface area contributed by atoms with Crippen LogP contribution in [-0.4, -0.2) is 22.8 Å². The molecule has 1 aliphatic rings. The van der Waals surface area contributed by atoms with Crippen molar-refractivity contribution in [3.63, 3.8) is 0 Å². The number of aryl methyl sites for hydroxylation is 2. The Labute approximate surface area is 107 Å². The maximum absolute atomic E-state index is 10.1. The molecule has 1 aliphatic heterocycles. The van der Waals surface area contributed by atoms with Gasteiger partial charge >= 0.3 is 0 Å². The van der Waals surface area contributed by atoms with E-state index in [-0.39, 0.29) is 6.10 Å². The van der Waals surface area contributed by atoms with E-state index in [1.807, 2.05) is 13.8 Å². The first-order valence-electron chi connectivity index (χ1n) is 6.40. The number of thiazole rings is 1. The Kier molecular flexibility index (Phi) is 4.54. The summed E-state index contributed by atoms with van der Waals surface area (Å²) in [5.41, 5.74) is 0.983. The van der Waals surface area contributed by atoms with Crippen molar-refractivity contribution in [1.29, 1.82) is 0 Å². The van der Waals surface area contributed by atoms with Gasteiger partial charge in [0, 0.05) is 6.61 Å². The van der Waals surface area contributed by atoms with Gasteiger partial charge in [-0.2, -0.15) is 0 Å². The van der Waals surface area contributed by atoms with Gasteiger partial charge in [0.05, 0.1) is 27.8 Å². The van der Waals surface area contributed by atoms with Crippen molar-refractivity contribution in [2.24, 2.45) is 0 Å². The zero-order valence-corrected chi connectivity index (χ0v) is 11.4. The predicted octanol–water partition coefficient (Wildman–Crippen LogP) is 3.14. The molecular weight excluding hydrogens is 234 g/mol. The summed E-state index contributed by atoms with van der Waals surface area (Å²) in [5.74, 6) is 0. The number of aliphatic hydroxyl groups excluding tert-OH is 1. The quantitative estimate of drug-likeness (QED) is 0.879. The Morgan fingerprint density at radius 3 is 2.94 bits per heavy atom. The average molecular weight is 255 g/mol. The van der Waals surface area contributed by atoms with Gasteiger partial charge in [-0.15, -0.1) is 11.3 Å². The molecule has 0 radical (unpaired) electrons. The van der Waals surface area contributed by atoms with Crippen LogP contribution >= 0.6 is 11.3 Å².